The highest BCUT2D eigenvalue weighted by Gasteiger charge is 2.14. The topological polar surface area (TPSA) is 101 Å². The Bertz CT molecular complexity index is 1530. The van der Waals surface area contributed by atoms with E-state index in [-0.39, 0.29) is 17.4 Å². The van der Waals surface area contributed by atoms with Gasteiger partial charge in [0.25, 0.3) is 5.56 Å². The molecule has 10 heteroatoms. The van der Waals surface area contributed by atoms with E-state index >= 15 is 0 Å². The summed E-state index contributed by atoms with van der Waals surface area (Å²) in [7, 11) is 5.50. The number of aromatic nitrogens is 3. The lowest BCUT2D eigenvalue weighted by molar-refractivity contribution is -0.111. The molecule has 0 saturated heterocycles. The van der Waals surface area contributed by atoms with Gasteiger partial charge in [0.05, 0.1) is 16.6 Å². The molecule has 0 fully saturated rings. The number of hydrogen-bond donors (Lipinski definition) is 2. The molecular weight excluding hydrogens is 475 g/mol. The van der Waals surface area contributed by atoms with Crippen LogP contribution in [0.25, 0.3) is 22.0 Å². The number of ether oxygens (including phenoxy) is 1. The van der Waals surface area contributed by atoms with Gasteiger partial charge in [0.2, 0.25) is 11.9 Å². The normalized spacial score (nSPS) is 10.9. The van der Waals surface area contributed by atoms with Crippen molar-refractivity contribution in [2.24, 2.45) is 7.05 Å². The average Bonchev–Trinajstić information content (AvgIpc) is 2.87. The van der Waals surface area contributed by atoms with Gasteiger partial charge in [0, 0.05) is 37.2 Å². The third-order valence-corrected chi connectivity index (χ3v) is 5.53. The fourth-order valence-corrected chi connectivity index (χ4v) is 3.66. The molecule has 0 unspecified atom stereocenters. The van der Waals surface area contributed by atoms with E-state index in [1.807, 2.05) is 19.0 Å². The average molecular weight is 503 g/mol. The Morgan fingerprint density at radius 3 is 2.78 bits per heavy atom. The molecular formula is C27H27FN6O3. The van der Waals surface area contributed by atoms with Crippen LogP contribution >= 0.6 is 0 Å². The summed E-state index contributed by atoms with van der Waals surface area (Å²) in [5, 5.41) is 6.16. The van der Waals surface area contributed by atoms with Gasteiger partial charge in [-0.3, -0.25) is 9.59 Å². The molecule has 0 aliphatic rings. The van der Waals surface area contributed by atoms with Crippen LogP contribution in [0.2, 0.25) is 0 Å². The summed E-state index contributed by atoms with van der Waals surface area (Å²) in [6.45, 7) is 4.63. The lowest BCUT2D eigenvalue weighted by Crippen LogP contribution is -2.20. The number of anilines is 3. The first-order chi connectivity index (χ1) is 17.7. The molecule has 9 nitrogen and oxygen atoms in total. The van der Waals surface area contributed by atoms with E-state index in [0.29, 0.717) is 52.3 Å². The first kappa shape index (κ1) is 25.5. The predicted octanol–water partition coefficient (Wildman–Crippen LogP) is 3.94. The van der Waals surface area contributed by atoms with E-state index in [9.17, 15) is 14.0 Å². The number of nitrogens with zero attached hydrogens (tertiary/aromatic N) is 4. The second-order valence-corrected chi connectivity index (χ2v) is 8.61. The Kier molecular flexibility index (Phi) is 7.59. The highest BCUT2D eigenvalue weighted by atomic mass is 19.1. The van der Waals surface area contributed by atoms with Gasteiger partial charge in [-0.25, -0.2) is 14.4 Å². The number of rotatable bonds is 9. The Morgan fingerprint density at radius 1 is 1.24 bits per heavy atom. The van der Waals surface area contributed by atoms with Crippen molar-refractivity contribution in [3.8, 4) is 16.9 Å². The zero-order chi connectivity index (χ0) is 26.5. The summed E-state index contributed by atoms with van der Waals surface area (Å²) in [4.78, 5) is 35.6. The maximum absolute atomic E-state index is 13.9. The second kappa shape index (κ2) is 11.0. The molecule has 0 radical (unpaired) electrons. The number of carbonyl (C=O) groups is 1. The quantitative estimate of drug-likeness (QED) is 0.334. The highest BCUT2D eigenvalue weighted by Crippen LogP contribution is 2.31. The van der Waals surface area contributed by atoms with Crippen molar-refractivity contribution in [3.05, 3.63) is 83.7 Å². The van der Waals surface area contributed by atoms with Gasteiger partial charge < -0.3 is 24.8 Å². The van der Waals surface area contributed by atoms with Gasteiger partial charge >= 0.3 is 0 Å². The van der Waals surface area contributed by atoms with Crippen molar-refractivity contribution in [1.29, 1.82) is 0 Å². The van der Waals surface area contributed by atoms with E-state index in [0.717, 1.165) is 0 Å². The van der Waals surface area contributed by atoms with Gasteiger partial charge in [-0.1, -0.05) is 18.7 Å². The number of aryl methyl sites for hydroxylation is 1. The largest absolute Gasteiger partial charge is 0.490 e. The molecule has 0 atom stereocenters. The first-order valence-corrected chi connectivity index (χ1v) is 11.5. The highest BCUT2D eigenvalue weighted by molar-refractivity contribution is 6.00. The Balaban J connectivity index is 1.71. The molecule has 2 aromatic heterocycles. The van der Waals surface area contributed by atoms with Crippen LogP contribution in [0.3, 0.4) is 0 Å². The molecule has 37 heavy (non-hydrogen) atoms. The third-order valence-electron chi connectivity index (χ3n) is 5.53. The van der Waals surface area contributed by atoms with Crippen molar-refractivity contribution in [3.63, 3.8) is 0 Å². The number of amides is 1. The molecule has 0 bridgehead atoms. The van der Waals surface area contributed by atoms with Gasteiger partial charge in [-0.05, 0) is 56.1 Å². The van der Waals surface area contributed by atoms with Crippen molar-refractivity contribution >= 4 is 34.1 Å². The molecule has 0 spiro atoms. The predicted molar refractivity (Wildman–Crippen MR) is 143 cm³/mol. The molecule has 190 valence electrons. The van der Waals surface area contributed by atoms with Crippen LogP contribution in [0.4, 0.5) is 21.7 Å². The summed E-state index contributed by atoms with van der Waals surface area (Å²) in [6, 6.07) is 11.3. The maximum Gasteiger partial charge on any atom is 0.261 e. The Labute approximate surface area is 213 Å². The smallest absolute Gasteiger partial charge is 0.261 e. The van der Waals surface area contributed by atoms with E-state index in [2.05, 4.69) is 27.2 Å². The van der Waals surface area contributed by atoms with Crippen molar-refractivity contribution in [2.75, 3.05) is 37.9 Å². The lowest BCUT2D eigenvalue weighted by atomic mass is 10.1. The summed E-state index contributed by atoms with van der Waals surface area (Å²) in [6.07, 6.45) is 4.23. The zero-order valence-corrected chi connectivity index (χ0v) is 20.8. The monoisotopic (exact) mass is 502 g/mol. The van der Waals surface area contributed by atoms with Crippen molar-refractivity contribution in [2.45, 2.75) is 0 Å². The molecule has 4 rings (SSSR count). The van der Waals surface area contributed by atoms with Crippen LogP contribution in [0, 0.1) is 5.82 Å². The van der Waals surface area contributed by atoms with Crippen LogP contribution in [-0.4, -0.2) is 52.6 Å². The summed E-state index contributed by atoms with van der Waals surface area (Å²) in [5.41, 5.74) is 2.31. The van der Waals surface area contributed by atoms with Crippen LogP contribution < -0.4 is 20.9 Å². The van der Waals surface area contributed by atoms with Crippen LogP contribution in [-0.2, 0) is 11.8 Å². The Hall–Kier alpha value is -4.57. The van der Waals surface area contributed by atoms with Gasteiger partial charge in [0.1, 0.15) is 18.2 Å². The zero-order valence-electron chi connectivity index (χ0n) is 20.8. The summed E-state index contributed by atoms with van der Waals surface area (Å²) >= 11 is 0. The number of halogens is 1. The van der Waals surface area contributed by atoms with Crippen LogP contribution in [0.5, 0.6) is 5.75 Å². The molecule has 1 amide bonds. The Morgan fingerprint density at radius 2 is 2.05 bits per heavy atom. The first-order valence-electron chi connectivity index (χ1n) is 11.5. The van der Waals surface area contributed by atoms with E-state index < -0.39 is 5.82 Å². The molecule has 2 aromatic carbocycles. The van der Waals surface area contributed by atoms with E-state index in [4.69, 9.17) is 4.74 Å². The molecule has 0 aliphatic heterocycles. The second-order valence-electron chi connectivity index (χ2n) is 8.61. The van der Waals surface area contributed by atoms with Gasteiger partial charge in [-0.2, -0.15) is 0 Å². The minimum atomic E-state index is -0.395. The number of hydrogen-bond acceptors (Lipinski definition) is 7. The number of likely N-dealkylation sites (N-methyl/N-ethyl adjacent to an activating group) is 1. The number of fused-ring (bicyclic) bond motifs is 1. The molecule has 0 saturated carbocycles. The van der Waals surface area contributed by atoms with Crippen molar-refractivity contribution < 1.29 is 13.9 Å². The SMILES string of the molecule is C=CC(=O)Nc1cc(Nc2ncc3c(=O)n(C)cc(-c4cccc(F)c4)c3n2)ccc1OCCN(C)C. The standard InChI is InChI=1S/C27H27FN6O3/c1-5-24(35)31-22-14-19(9-10-23(22)37-12-11-33(2)3)30-27-29-15-20-25(32-27)21(16-34(4)26(20)36)17-7-6-8-18(28)13-17/h5-10,13-16H,1,11-12H2,2-4H3,(H,31,35)(H,29,30,32). The minimum Gasteiger partial charge on any atom is -0.490 e. The van der Waals surface area contributed by atoms with Crippen LogP contribution in [0.1, 0.15) is 0 Å². The number of nitrogens with one attached hydrogen (secondary N) is 2. The molecule has 2 heterocycles. The lowest BCUT2D eigenvalue weighted by Gasteiger charge is -2.16. The van der Waals surface area contributed by atoms with E-state index in [1.165, 1.54) is 29.0 Å². The maximum atomic E-state index is 13.9. The molecule has 4 aromatic rings. The van der Waals surface area contributed by atoms with E-state index in [1.54, 1.807) is 43.6 Å². The van der Waals surface area contributed by atoms with Crippen molar-refractivity contribution in [1.82, 2.24) is 19.4 Å². The number of benzene rings is 2. The summed E-state index contributed by atoms with van der Waals surface area (Å²) in [5.74, 6) is -0.0550. The summed E-state index contributed by atoms with van der Waals surface area (Å²) < 4.78 is 21.2. The third kappa shape index (κ3) is 5.99. The van der Waals surface area contributed by atoms with Gasteiger partial charge in [0.15, 0.2) is 0 Å². The minimum absolute atomic E-state index is 0.223. The number of carbonyl (C=O) groups excluding carboxylic acids is 1. The fraction of sp³-hybridized carbons (Fsp3) is 0.185. The molecule has 2 N–H and O–H groups in total. The molecule has 0 aliphatic carbocycles. The number of pyridine rings is 1. The van der Waals surface area contributed by atoms with Gasteiger partial charge in [-0.15, -0.1) is 0 Å². The fourth-order valence-electron chi connectivity index (χ4n) is 3.66. The van der Waals surface area contributed by atoms with Crippen LogP contribution in [0.15, 0.2) is 72.3 Å².